The smallest absolute Gasteiger partial charge is 0.236 e. The summed E-state index contributed by atoms with van der Waals surface area (Å²) in [6, 6.07) is 8.19. The predicted octanol–water partition coefficient (Wildman–Crippen LogP) is 2.16. The van der Waals surface area contributed by atoms with Crippen molar-refractivity contribution >= 4 is 5.69 Å². The van der Waals surface area contributed by atoms with Gasteiger partial charge in [-0.05, 0) is 18.6 Å². The van der Waals surface area contributed by atoms with Gasteiger partial charge in [0.15, 0.2) is 5.82 Å². The van der Waals surface area contributed by atoms with E-state index in [0.717, 1.165) is 12.2 Å². The third kappa shape index (κ3) is 1.97. The second-order valence-electron chi connectivity index (χ2n) is 4.21. The van der Waals surface area contributed by atoms with Gasteiger partial charge in [-0.25, -0.2) is 0 Å². The molecule has 1 aromatic heterocycles. The fraction of sp³-hybridized carbons (Fsp3) is 0.385. The fourth-order valence-corrected chi connectivity index (χ4v) is 2.17. The number of hydrogen-bond acceptors (Lipinski definition) is 5. The number of nitrogens with one attached hydrogen (secondary N) is 1. The van der Waals surface area contributed by atoms with Gasteiger partial charge in [-0.15, -0.1) is 0 Å². The number of rotatable bonds is 4. The van der Waals surface area contributed by atoms with E-state index in [9.17, 15) is 0 Å². The number of ether oxygens (including phenoxy) is 1. The van der Waals surface area contributed by atoms with Crippen molar-refractivity contribution in [2.24, 2.45) is 0 Å². The van der Waals surface area contributed by atoms with Gasteiger partial charge in [0.05, 0.1) is 5.92 Å². The van der Waals surface area contributed by atoms with E-state index < -0.39 is 0 Å². The highest BCUT2D eigenvalue weighted by atomic mass is 16.5. The highest BCUT2D eigenvalue weighted by Gasteiger charge is 2.28. The molecule has 1 aliphatic heterocycles. The lowest BCUT2D eigenvalue weighted by atomic mass is 10.0. The Bertz CT molecular complexity index is 539. The number of fused-ring (bicyclic) bond motifs is 1. The Morgan fingerprint density at radius 2 is 2.33 bits per heavy atom. The van der Waals surface area contributed by atoms with Crippen LogP contribution in [-0.4, -0.2) is 23.3 Å². The summed E-state index contributed by atoms with van der Waals surface area (Å²) in [6.07, 6.45) is 0. The van der Waals surface area contributed by atoms with Crippen LogP contribution in [0.5, 0.6) is 0 Å². The molecule has 0 fully saturated rings. The fourth-order valence-electron chi connectivity index (χ4n) is 2.17. The number of nitrogens with zero attached hydrogens (tertiary/aromatic N) is 2. The molecule has 5 heteroatoms. The summed E-state index contributed by atoms with van der Waals surface area (Å²) in [5, 5.41) is 7.27. The van der Waals surface area contributed by atoms with Crippen molar-refractivity contribution in [1.82, 2.24) is 10.1 Å². The summed E-state index contributed by atoms with van der Waals surface area (Å²) in [7, 11) is 0. The van der Waals surface area contributed by atoms with Crippen LogP contribution in [0.3, 0.4) is 0 Å². The van der Waals surface area contributed by atoms with Gasteiger partial charge in [0.2, 0.25) is 5.89 Å². The topological polar surface area (TPSA) is 60.2 Å². The molecule has 18 heavy (non-hydrogen) atoms. The summed E-state index contributed by atoms with van der Waals surface area (Å²) >= 11 is 0. The second kappa shape index (κ2) is 4.78. The Kier molecular flexibility index (Phi) is 2.98. The highest BCUT2D eigenvalue weighted by molar-refractivity contribution is 5.59. The monoisotopic (exact) mass is 245 g/mol. The molecule has 1 atom stereocenters. The minimum absolute atomic E-state index is 0.143. The van der Waals surface area contributed by atoms with Gasteiger partial charge < -0.3 is 14.6 Å². The quantitative estimate of drug-likeness (QED) is 0.894. The van der Waals surface area contributed by atoms with Gasteiger partial charge in [0.1, 0.15) is 6.61 Å². The maximum atomic E-state index is 5.32. The zero-order valence-electron chi connectivity index (χ0n) is 10.2. The number of anilines is 1. The van der Waals surface area contributed by atoms with Crippen LogP contribution in [-0.2, 0) is 11.3 Å². The molecule has 5 nitrogen and oxygen atoms in total. The molecule has 1 aliphatic rings. The number of hydrogen-bond donors (Lipinski definition) is 1. The van der Waals surface area contributed by atoms with E-state index in [-0.39, 0.29) is 5.92 Å². The minimum atomic E-state index is 0.143. The lowest BCUT2D eigenvalue weighted by Crippen LogP contribution is -2.04. The van der Waals surface area contributed by atoms with E-state index in [2.05, 4.69) is 27.6 Å². The third-order valence-corrected chi connectivity index (χ3v) is 3.05. The van der Waals surface area contributed by atoms with Crippen molar-refractivity contribution in [3.63, 3.8) is 0 Å². The molecule has 3 rings (SSSR count). The van der Waals surface area contributed by atoms with Crippen LogP contribution in [0.15, 0.2) is 28.8 Å². The average molecular weight is 245 g/mol. The van der Waals surface area contributed by atoms with Crippen molar-refractivity contribution in [1.29, 1.82) is 0 Å². The van der Waals surface area contributed by atoms with E-state index in [1.54, 1.807) is 0 Å². The first kappa shape index (κ1) is 11.2. The van der Waals surface area contributed by atoms with E-state index in [1.165, 1.54) is 5.56 Å². The van der Waals surface area contributed by atoms with Crippen LogP contribution in [0.4, 0.5) is 5.69 Å². The molecule has 0 radical (unpaired) electrons. The van der Waals surface area contributed by atoms with Crippen LogP contribution >= 0.6 is 0 Å². The molecule has 2 heterocycles. The first-order valence-electron chi connectivity index (χ1n) is 6.11. The van der Waals surface area contributed by atoms with Gasteiger partial charge in [-0.3, -0.25) is 0 Å². The molecule has 0 saturated carbocycles. The maximum Gasteiger partial charge on any atom is 0.236 e. The zero-order chi connectivity index (χ0) is 12.4. The Morgan fingerprint density at radius 1 is 1.44 bits per heavy atom. The Balaban J connectivity index is 1.82. The molecule has 0 spiro atoms. The van der Waals surface area contributed by atoms with Gasteiger partial charge in [0, 0.05) is 18.8 Å². The van der Waals surface area contributed by atoms with Crippen molar-refractivity contribution in [3.05, 3.63) is 41.5 Å². The SMILES string of the molecule is CCOCc1noc(C2CNc3ccccc32)n1. The molecule has 0 bridgehead atoms. The second-order valence-corrected chi connectivity index (χ2v) is 4.21. The highest BCUT2D eigenvalue weighted by Crippen LogP contribution is 2.34. The number of benzene rings is 1. The van der Waals surface area contributed by atoms with Crippen molar-refractivity contribution in [2.45, 2.75) is 19.4 Å². The van der Waals surface area contributed by atoms with Crippen molar-refractivity contribution in [3.8, 4) is 0 Å². The molecule has 0 aliphatic carbocycles. The molecule has 2 aromatic rings. The number of para-hydroxylation sites is 1. The maximum absolute atomic E-state index is 5.32. The molecule has 0 amide bonds. The van der Waals surface area contributed by atoms with E-state index in [1.807, 2.05) is 19.1 Å². The van der Waals surface area contributed by atoms with E-state index in [4.69, 9.17) is 9.26 Å². The molecular weight excluding hydrogens is 230 g/mol. The van der Waals surface area contributed by atoms with Crippen LogP contribution in [0.1, 0.15) is 30.1 Å². The molecular formula is C13H15N3O2. The average Bonchev–Trinajstić information content (AvgIpc) is 3.02. The van der Waals surface area contributed by atoms with Crippen LogP contribution in [0, 0.1) is 0 Å². The molecule has 0 saturated heterocycles. The summed E-state index contributed by atoms with van der Waals surface area (Å²) in [4.78, 5) is 4.39. The lowest BCUT2D eigenvalue weighted by molar-refractivity contribution is 0.126. The number of aromatic nitrogens is 2. The van der Waals surface area contributed by atoms with E-state index in [0.29, 0.717) is 24.9 Å². The largest absolute Gasteiger partial charge is 0.384 e. The molecule has 1 aromatic carbocycles. The summed E-state index contributed by atoms with van der Waals surface area (Å²) in [6.45, 7) is 3.80. The van der Waals surface area contributed by atoms with Crippen LogP contribution < -0.4 is 5.32 Å². The van der Waals surface area contributed by atoms with Crippen molar-refractivity contribution < 1.29 is 9.26 Å². The van der Waals surface area contributed by atoms with Crippen LogP contribution in [0.2, 0.25) is 0 Å². The molecule has 1 unspecified atom stereocenters. The summed E-state index contributed by atoms with van der Waals surface area (Å²) in [5.41, 5.74) is 2.36. The lowest BCUT2D eigenvalue weighted by Gasteiger charge is -2.03. The molecule has 1 N–H and O–H groups in total. The van der Waals surface area contributed by atoms with Crippen LogP contribution in [0.25, 0.3) is 0 Å². The van der Waals surface area contributed by atoms with Crippen molar-refractivity contribution in [2.75, 3.05) is 18.5 Å². The summed E-state index contributed by atoms with van der Waals surface area (Å²) < 4.78 is 10.6. The van der Waals surface area contributed by atoms with Gasteiger partial charge in [-0.2, -0.15) is 4.98 Å². The zero-order valence-corrected chi connectivity index (χ0v) is 10.2. The Hall–Kier alpha value is -1.88. The van der Waals surface area contributed by atoms with Gasteiger partial charge >= 0.3 is 0 Å². The third-order valence-electron chi connectivity index (χ3n) is 3.05. The Morgan fingerprint density at radius 3 is 3.22 bits per heavy atom. The predicted molar refractivity (Wildman–Crippen MR) is 66.4 cm³/mol. The van der Waals surface area contributed by atoms with E-state index >= 15 is 0 Å². The minimum Gasteiger partial charge on any atom is -0.384 e. The normalized spacial score (nSPS) is 17.5. The first-order valence-corrected chi connectivity index (χ1v) is 6.11. The van der Waals surface area contributed by atoms with Gasteiger partial charge in [-0.1, -0.05) is 23.4 Å². The van der Waals surface area contributed by atoms with Gasteiger partial charge in [0.25, 0.3) is 0 Å². The molecule has 94 valence electrons. The standard InChI is InChI=1S/C13H15N3O2/c1-2-17-8-12-15-13(18-16-12)10-7-14-11-6-4-3-5-9(10)11/h3-6,10,14H,2,7-8H2,1H3. The summed E-state index contributed by atoms with van der Waals surface area (Å²) in [5.74, 6) is 1.41. The Labute approximate surface area is 105 Å². The first-order chi connectivity index (χ1) is 8.88.